The van der Waals surface area contributed by atoms with E-state index < -0.39 is 11.7 Å². The van der Waals surface area contributed by atoms with E-state index in [-0.39, 0.29) is 29.6 Å². The van der Waals surface area contributed by atoms with E-state index in [9.17, 15) is 19.5 Å². The highest BCUT2D eigenvalue weighted by atomic mass is 16.6. The zero-order valence-electron chi connectivity index (χ0n) is 22.0. The molecular formula is C29H36N2O6. The van der Waals surface area contributed by atoms with Gasteiger partial charge in [0.15, 0.2) is 5.78 Å². The van der Waals surface area contributed by atoms with Gasteiger partial charge in [-0.25, -0.2) is 4.79 Å². The first-order valence-electron chi connectivity index (χ1n) is 12.4. The van der Waals surface area contributed by atoms with Crippen molar-refractivity contribution < 1.29 is 29.0 Å². The molecule has 1 fully saturated rings. The summed E-state index contributed by atoms with van der Waals surface area (Å²) in [6, 6.07) is 12.8. The van der Waals surface area contributed by atoms with Crippen LogP contribution in [0, 0.1) is 0 Å². The van der Waals surface area contributed by atoms with Crippen molar-refractivity contribution in [3.05, 3.63) is 70.8 Å². The Kier molecular flexibility index (Phi) is 9.47. The van der Waals surface area contributed by atoms with E-state index in [1.54, 1.807) is 12.1 Å². The largest absolute Gasteiger partial charge is 0.507 e. The monoisotopic (exact) mass is 508 g/mol. The average Bonchev–Trinajstić information content (AvgIpc) is 2.85. The highest BCUT2D eigenvalue weighted by molar-refractivity contribution is 6.00. The number of ketones is 1. The molecule has 0 radical (unpaired) electrons. The number of amides is 2. The standard InChI is InChI=1S/C29H36N2O6/c1-29(2,3)37-28(35)30-18-21-6-5-7-23(16-21)22-12-14-31(15-13-22)27(34)11-9-20-8-10-24(25(32)17-20)26(33)19-36-4/h5-11,16-17,22,32H,12-15,18-19H2,1-4H3,(H,30,35)/b11-9+. The summed E-state index contributed by atoms with van der Waals surface area (Å²) in [4.78, 5) is 38.4. The Labute approximate surface area is 218 Å². The lowest BCUT2D eigenvalue weighted by atomic mass is 9.88. The van der Waals surface area contributed by atoms with Crippen molar-refractivity contribution >= 4 is 23.9 Å². The molecule has 1 heterocycles. The van der Waals surface area contributed by atoms with Crippen LogP contribution in [-0.4, -0.2) is 60.2 Å². The van der Waals surface area contributed by atoms with Crippen LogP contribution in [0.25, 0.3) is 6.08 Å². The molecule has 2 amide bonds. The molecule has 198 valence electrons. The maximum absolute atomic E-state index is 12.7. The van der Waals surface area contributed by atoms with Crippen LogP contribution in [0.3, 0.4) is 0 Å². The van der Waals surface area contributed by atoms with Gasteiger partial charge in [-0.05, 0) is 74.4 Å². The fourth-order valence-corrected chi connectivity index (χ4v) is 4.25. The number of alkyl carbamates (subject to hydrolysis) is 1. The Morgan fingerprint density at radius 2 is 1.84 bits per heavy atom. The number of carbonyl (C=O) groups excluding carboxylic acids is 3. The molecule has 8 nitrogen and oxygen atoms in total. The number of aromatic hydroxyl groups is 1. The maximum atomic E-state index is 12.7. The van der Waals surface area contributed by atoms with E-state index in [0.29, 0.717) is 31.1 Å². The molecule has 37 heavy (non-hydrogen) atoms. The molecule has 0 aromatic heterocycles. The van der Waals surface area contributed by atoms with Gasteiger partial charge < -0.3 is 24.8 Å². The van der Waals surface area contributed by atoms with Crippen LogP contribution < -0.4 is 5.32 Å². The second-order valence-electron chi connectivity index (χ2n) is 10.2. The zero-order chi connectivity index (χ0) is 27.0. The predicted molar refractivity (Wildman–Crippen MR) is 141 cm³/mol. The number of likely N-dealkylation sites (tertiary alicyclic amines) is 1. The number of nitrogens with one attached hydrogen (secondary N) is 1. The number of hydrogen-bond acceptors (Lipinski definition) is 6. The fourth-order valence-electron chi connectivity index (χ4n) is 4.25. The van der Waals surface area contributed by atoms with Gasteiger partial charge in [0, 0.05) is 32.8 Å². The molecule has 0 spiro atoms. The van der Waals surface area contributed by atoms with E-state index in [4.69, 9.17) is 9.47 Å². The van der Waals surface area contributed by atoms with Crippen LogP contribution in [0.4, 0.5) is 4.79 Å². The molecule has 0 atom stereocenters. The van der Waals surface area contributed by atoms with Gasteiger partial charge in [-0.3, -0.25) is 9.59 Å². The van der Waals surface area contributed by atoms with Gasteiger partial charge in [-0.2, -0.15) is 0 Å². The third kappa shape index (κ3) is 8.46. The highest BCUT2D eigenvalue weighted by Crippen LogP contribution is 2.29. The van der Waals surface area contributed by atoms with E-state index in [2.05, 4.69) is 17.4 Å². The Balaban J connectivity index is 1.52. The summed E-state index contributed by atoms with van der Waals surface area (Å²) in [5.41, 5.74) is 2.49. The maximum Gasteiger partial charge on any atom is 0.407 e. The lowest BCUT2D eigenvalue weighted by molar-refractivity contribution is -0.126. The number of Topliss-reactive ketones (excluding diaryl/α,β-unsaturated/α-hetero) is 1. The average molecular weight is 509 g/mol. The van der Waals surface area contributed by atoms with Gasteiger partial charge >= 0.3 is 6.09 Å². The first-order valence-corrected chi connectivity index (χ1v) is 12.4. The number of ether oxygens (including phenoxy) is 2. The third-order valence-electron chi connectivity index (χ3n) is 6.08. The minimum absolute atomic E-state index is 0.0900. The number of phenolic OH excluding ortho intramolecular Hbond substituents is 1. The lowest BCUT2D eigenvalue weighted by Crippen LogP contribution is -2.36. The van der Waals surface area contributed by atoms with Crippen LogP contribution in [-0.2, 0) is 20.8 Å². The van der Waals surface area contributed by atoms with Crippen molar-refractivity contribution in [3.63, 3.8) is 0 Å². The molecule has 2 aromatic rings. The van der Waals surface area contributed by atoms with E-state index >= 15 is 0 Å². The van der Waals surface area contributed by atoms with Crippen molar-refractivity contribution in [1.29, 1.82) is 0 Å². The molecule has 0 saturated carbocycles. The van der Waals surface area contributed by atoms with Crippen molar-refractivity contribution in [1.82, 2.24) is 10.2 Å². The van der Waals surface area contributed by atoms with Crippen LogP contribution in [0.2, 0.25) is 0 Å². The number of methoxy groups -OCH3 is 1. The number of carbonyl (C=O) groups is 3. The number of nitrogens with zero attached hydrogens (tertiary/aromatic N) is 1. The Bertz CT molecular complexity index is 1140. The Morgan fingerprint density at radius 1 is 1.11 bits per heavy atom. The Hall–Kier alpha value is -3.65. The molecule has 2 aromatic carbocycles. The normalized spacial score (nSPS) is 14.5. The number of phenols is 1. The molecule has 1 aliphatic rings. The summed E-state index contributed by atoms with van der Waals surface area (Å²) in [5, 5.41) is 12.9. The molecule has 2 N–H and O–H groups in total. The number of hydrogen-bond donors (Lipinski definition) is 2. The van der Waals surface area contributed by atoms with E-state index in [1.165, 1.54) is 30.9 Å². The van der Waals surface area contributed by atoms with Crippen molar-refractivity contribution in [2.45, 2.75) is 51.7 Å². The van der Waals surface area contributed by atoms with E-state index in [0.717, 1.165) is 18.4 Å². The summed E-state index contributed by atoms with van der Waals surface area (Å²) in [6.07, 6.45) is 4.39. The zero-order valence-corrected chi connectivity index (χ0v) is 22.0. The van der Waals surface area contributed by atoms with Crippen molar-refractivity contribution in [3.8, 4) is 5.75 Å². The third-order valence-corrected chi connectivity index (χ3v) is 6.08. The smallest absolute Gasteiger partial charge is 0.407 e. The summed E-state index contributed by atoms with van der Waals surface area (Å²) >= 11 is 0. The summed E-state index contributed by atoms with van der Waals surface area (Å²) < 4.78 is 10.1. The molecular weight excluding hydrogens is 472 g/mol. The molecule has 3 rings (SSSR count). The second-order valence-corrected chi connectivity index (χ2v) is 10.2. The summed E-state index contributed by atoms with van der Waals surface area (Å²) in [6.45, 7) is 7.06. The SMILES string of the molecule is COCC(=O)c1ccc(/C=C/C(=O)N2CCC(c3cccc(CNC(=O)OC(C)(C)C)c3)CC2)cc1O. The minimum Gasteiger partial charge on any atom is -0.507 e. The Morgan fingerprint density at radius 3 is 2.49 bits per heavy atom. The van der Waals surface area contributed by atoms with Gasteiger partial charge in [0.25, 0.3) is 0 Å². The molecule has 1 saturated heterocycles. The number of benzene rings is 2. The van der Waals surface area contributed by atoms with Gasteiger partial charge in [0.2, 0.25) is 5.91 Å². The second kappa shape index (κ2) is 12.5. The minimum atomic E-state index is -0.538. The van der Waals surface area contributed by atoms with Crippen molar-refractivity contribution in [2.75, 3.05) is 26.8 Å². The lowest BCUT2D eigenvalue weighted by Gasteiger charge is -2.31. The number of rotatable bonds is 8. The molecule has 0 aliphatic carbocycles. The van der Waals surface area contributed by atoms with Crippen LogP contribution in [0.5, 0.6) is 5.75 Å². The molecule has 8 heteroatoms. The van der Waals surface area contributed by atoms with Crippen LogP contribution in [0.1, 0.15) is 66.6 Å². The fraction of sp³-hybridized carbons (Fsp3) is 0.414. The van der Waals surface area contributed by atoms with Gasteiger partial charge in [0.1, 0.15) is 18.0 Å². The van der Waals surface area contributed by atoms with E-state index in [1.807, 2.05) is 37.8 Å². The van der Waals surface area contributed by atoms with Crippen molar-refractivity contribution in [2.24, 2.45) is 0 Å². The predicted octanol–water partition coefficient (Wildman–Crippen LogP) is 4.67. The first kappa shape index (κ1) is 27.9. The summed E-state index contributed by atoms with van der Waals surface area (Å²) in [5.74, 6) is -0.197. The quantitative estimate of drug-likeness (QED) is 0.397. The van der Waals surface area contributed by atoms with Crippen LogP contribution >= 0.6 is 0 Å². The van der Waals surface area contributed by atoms with Crippen LogP contribution in [0.15, 0.2) is 48.5 Å². The first-order chi connectivity index (χ1) is 17.6. The topological polar surface area (TPSA) is 105 Å². The molecule has 0 bridgehead atoms. The van der Waals surface area contributed by atoms with Gasteiger partial charge in [0.05, 0.1) is 5.56 Å². The van der Waals surface area contributed by atoms with Gasteiger partial charge in [-0.1, -0.05) is 30.3 Å². The highest BCUT2D eigenvalue weighted by Gasteiger charge is 2.23. The summed E-state index contributed by atoms with van der Waals surface area (Å²) in [7, 11) is 1.42. The van der Waals surface area contributed by atoms with Gasteiger partial charge in [-0.15, -0.1) is 0 Å². The number of piperidine rings is 1. The molecule has 1 aliphatic heterocycles. The molecule has 0 unspecified atom stereocenters.